The van der Waals surface area contributed by atoms with Crippen LogP contribution < -0.4 is 10.2 Å². The monoisotopic (exact) mass is 434 g/mol. The van der Waals surface area contributed by atoms with E-state index in [0.717, 1.165) is 0 Å². The van der Waals surface area contributed by atoms with Gasteiger partial charge in [-0.1, -0.05) is 23.7 Å². The van der Waals surface area contributed by atoms with Crippen molar-refractivity contribution in [1.29, 1.82) is 0 Å². The summed E-state index contributed by atoms with van der Waals surface area (Å²) < 4.78 is 0. The largest absolute Gasteiger partial charge is 4.00 e. The molecule has 8 heteroatoms. The molecule has 1 N–H and O–H groups in total. The average Bonchev–Trinajstić information content (AvgIpc) is 2.37. The Morgan fingerprint density at radius 1 is 1.18 bits per heavy atom. The molecule has 0 saturated carbocycles. The Kier molecular flexibility index (Phi) is 21.4. The summed E-state index contributed by atoms with van der Waals surface area (Å²) in [5.41, 5.74) is -0.0818. The first-order valence-electron chi connectivity index (χ1n) is 5.29. The fourth-order valence-electron chi connectivity index (χ4n) is 0.811. The van der Waals surface area contributed by atoms with Crippen LogP contribution in [0.5, 0.6) is 0 Å². The molecule has 22 heavy (non-hydrogen) atoms. The molecular weight excluding hydrogens is 414 g/mol. The van der Waals surface area contributed by atoms with Gasteiger partial charge in [0, 0.05) is 17.5 Å². The molecule has 0 unspecified atom stereocenters. The van der Waals surface area contributed by atoms with Gasteiger partial charge in [0.1, 0.15) is 0 Å². The van der Waals surface area contributed by atoms with Crippen molar-refractivity contribution in [1.82, 2.24) is 0 Å². The Labute approximate surface area is 153 Å². The van der Waals surface area contributed by atoms with E-state index in [4.69, 9.17) is 16.7 Å². The van der Waals surface area contributed by atoms with Crippen LogP contribution in [0.25, 0.3) is 0 Å². The Morgan fingerprint density at radius 3 is 1.95 bits per heavy atom. The van der Waals surface area contributed by atoms with Crippen LogP contribution in [-0.2, 0) is 4.79 Å². The quantitative estimate of drug-likeness (QED) is 0.240. The molecule has 1 rings (SSSR count). The molecule has 0 aliphatic rings. The summed E-state index contributed by atoms with van der Waals surface area (Å²) in [5.74, 6) is -2.11. The summed E-state index contributed by atoms with van der Waals surface area (Å²) in [7, 11) is 0. The summed E-state index contributed by atoms with van der Waals surface area (Å²) >= 11 is 5.63. The molecule has 0 amide bonds. The van der Waals surface area contributed by atoms with Crippen molar-refractivity contribution in [3.63, 3.8) is 0 Å². The molecule has 6 nitrogen and oxygen atoms in total. The average molecular weight is 433 g/mol. The number of carbonyl (C=O) groups is 1. The molecule has 1 aromatic rings. The third kappa shape index (κ3) is 12.6. The SMILES string of the molecule is C/C(=N\N=C(/[O-])c1ccc(Cl)cc1)C(=O)[O-].CCO.[CH3-].[CH3-].[Sn+4]. The van der Waals surface area contributed by atoms with Gasteiger partial charge in [0.25, 0.3) is 0 Å². The Balaban J connectivity index is -0.000000249. The molecule has 0 heterocycles. The molecule has 0 fully saturated rings. The fourth-order valence-corrected chi connectivity index (χ4v) is 0.937. The minimum Gasteiger partial charge on any atom is -0.857 e. The molecule has 0 aliphatic heterocycles. The third-order valence-corrected chi connectivity index (χ3v) is 1.93. The number of nitrogens with zero attached hydrogens (tertiary/aromatic N) is 2. The second-order valence-corrected chi connectivity index (χ2v) is 3.64. The zero-order valence-electron chi connectivity index (χ0n) is 13.0. The Hall–Kier alpha value is -1.12. The number of halogens is 1. The van der Waals surface area contributed by atoms with Gasteiger partial charge in [-0.25, -0.2) is 0 Å². The van der Waals surface area contributed by atoms with Crippen LogP contribution in [0.2, 0.25) is 5.02 Å². The first-order chi connectivity index (χ1) is 8.92. The van der Waals surface area contributed by atoms with E-state index in [2.05, 4.69) is 10.2 Å². The van der Waals surface area contributed by atoms with Gasteiger partial charge in [-0.05, 0) is 31.5 Å². The Bertz CT molecular complexity index is 476. The first-order valence-corrected chi connectivity index (χ1v) is 5.67. The molecule has 0 saturated heterocycles. The van der Waals surface area contributed by atoms with Gasteiger partial charge in [-0.15, -0.1) is 0 Å². The summed E-state index contributed by atoms with van der Waals surface area (Å²) in [4.78, 5) is 10.3. The van der Waals surface area contributed by atoms with Gasteiger partial charge in [-0.3, -0.25) is 0 Å². The fraction of sp³-hybridized carbons (Fsp3) is 0.214. The van der Waals surface area contributed by atoms with E-state index in [1.807, 2.05) is 0 Å². The van der Waals surface area contributed by atoms with Crippen molar-refractivity contribution >= 4 is 53.1 Å². The second kappa shape index (κ2) is 16.3. The van der Waals surface area contributed by atoms with Crippen LogP contribution in [0.1, 0.15) is 19.4 Å². The van der Waals surface area contributed by atoms with E-state index in [-0.39, 0.29) is 56.6 Å². The summed E-state index contributed by atoms with van der Waals surface area (Å²) in [6.07, 6.45) is 0. The van der Waals surface area contributed by atoms with Gasteiger partial charge < -0.3 is 35.0 Å². The summed E-state index contributed by atoms with van der Waals surface area (Å²) in [6, 6.07) is 6.00. The minimum absolute atomic E-state index is 0. The number of aliphatic hydroxyl groups excluding tert-OH is 1. The first kappa shape index (κ1) is 29.0. The number of hydrogen-bond donors (Lipinski definition) is 1. The van der Waals surface area contributed by atoms with Crippen LogP contribution in [0, 0.1) is 14.9 Å². The molecule has 0 atom stereocenters. The van der Waals surface area contributed by atoms with E-state index in [1.54, 1.807) is 6.92 Å². The van der Waals surface area contributed by atoms with Crippen molar-refractivity contribution in [3.05, 3.63) is 49.7 Å². The molecule has 0 aromatic heterocycles. The van der Waals surface area contributed by atoms with E-state index in [0.29, 0.717) is 5.02 Å². The zero-order chi connectivity index (χ0) is 14.8. The number of benzene rings is 1. The predicted octanol–water partition coefficient (Wildman–Crippen LogP) is 0.0911. The van der Waals surface area contributed by atoms with Gasteiger partial charge in [0.05, 0.1) is 11.7 Å². The van der Waals surface area contributed by atoms with Crippen LogP contribution >= 0.6 is 11.6 Å². The van der Waals surface area contributed by atoms with E-state index in [9.17, 15) is 15.0 Å². The number of rotatable bonds is 3. The standard InChI is InChI=1S/C10H9ClN2O3.C2H6O.2CH3.Sn/c1-6(10(15)16)12-13-9(14)7-2-4-8(11)5-3-7;1-2-3;;;/h2-5H,1H3,(H,13,14)(H,15,16);3H,2H2,1H3;2*1H3;/q;;2*-1;+4/p-2/b12-6+;;;;. The molecule has 0 spiro atoms. The predicted molar refractivity (Wildman–Crippen MR) is 87.4 cm³/mol. The zero-order valence-corrected chi connectivity index (χ0v) is 16.6. The maximum absolute atomic E-state index is 11.4. The van der Waals surface area contributed by atoms with Crippen molar-refractivity contribution < 1.29 is 20.1 Å². The van der Waals surface area contributed by atoms with Crippen molar-refractivity contribution in [3.8, 4) is 0 Å². The molecule has 0 aliphatic carbocycles. The smallest absolute Gasteiger partial charge is 0.857 e. The van der Waals surface area contributed by atoms with Crippen molar-refractivity contribution in [2.75, 3.05) is 6.61 Å². The number of aliphatic hydroxyl groups is 1. The topological polar surface area (TPSA) is 108 Å². The van der Waals surface area contributed by atoms with E-state index < -0.39 is 11.9 Å². The normalized spacial score (nSPS) is 10.0. The second-order valence-electron chi connectivity index (χ2n) is 3.20. The number of carbonyl (C=O) groups excluding carboxylic acids is 1. The van der Waals surface area contributed by atoms with Crippen LogP contribution in [-0.4, -0.2) is 53.2 Å². The molecule has 0 bridgehead atoms. The van der Waals surface area contributed by atoms with E-state index >= 15 is 0 Å². The number of carboxylic acids is 1. The van der Waals surface area contributed by atoms with Gasteiger partial charge in [0.2, 0.25) is 0 Å². The number of carboxylic acid groups (broad SMARTS) is 1. The van der Waals surface area contributed by atoms with Crippen LogP contribution in [0.4, 0.5) is 0 Å². The number of aliphatic carboxylic acids is 1. The van der Waals surface area contributed by atoms with Crippen molar-refractivity contribution in [2.24, 2.45) is 10.2 Å². The Morgan fingerprint density at radius 2 is 1.59 bits per heavy atom. The van der Waals surface area contributed by atoms with Crippen LogP contribution in [0.15, 0.2) is 34.5 Å². The molecular formula is C14H19ClN2O4Sn. The maximum atomic E-state index is 11.4. The third-order valence-electron chi connectivity index (χ3n) is 1.68. The van der Waals surface area contributed by atoms with E-state index in [1.165, 1.54) is 31.2 Å². The van der Waals surface area contributed by atoms with Crippen molar-refractivity contribution in [2.45, 2.75) is 13.8 Å². The summed E-state index contributed by atoms with van der Waals surface area (Å²) in [6.45, 7) is 3.12. The molecule has 1 aromatic carbocycles. The molecule has 120 valence electrons. The van der Waals surface area contributed by atoms with Crippen LogP contribution in [0.3, 0.4) is 0 Å². The minimum atomic E-state index is -1.47. The summed E-state index contributed by atoms with van der Waals surface area (Å²) in [5, 5.41) is 36.1. The molecule has 0 radical (unpaired) electrons. The van der Waals surface area contributed by atoms with Gasteiger partial charge in [0.15, 0.2) is 0 Å². The van der Waals surface area contributed by atoms with Gasteiger partial charge in [-0.2, -0.15) is 10.2 Å². The van der Waals surface area contributed by atoms with Gasteiger partial charge >= 0.3 is 23.9 Å². The maximum Gasteiger partial charge on any atom is 4.00 e. The number of hydrogen-bond acceptors (Lipinski definition) is 6.